The van der Waals surface area contributed by atoms with Crippen molar-refractivity contribution < 1.29 is 4.74 Å². The molecule has 1 fully saturated rings. The van der Waals surface area contributed by atoms with E-state index in [2.05, 4.69) is 23.5 Å². The van der Waals surface area contributed by atoms with E-state index in [1.54, 1.807) is 0 Å². The minimum atomic E-state index is 0.500. The van der Waals surface area contributed by atoms with Gasteiger partial charge >= 0.3 is 0 Å². The van der Waals surface area contributed by atoms with Crippen molar-refractivity contribution >= 4 is 11.8 Å². The summed E-state index contributed by atoms with van der Waals surface area (Å²) >= 11 is 1.87. The maximum absolute atomic E-state index is 5.58. The number of rotatable bonds is 5. The normalized spacial score (nSPS) is 25.1. The highest BCUT2D eigenvalue weighted by atomic mass is 32.2. The van der Waals surface area contributed by atoms with E-state index in [4.69, 9.17) is 4.74 Å². The Balaban J connectivity index is 1.91. The fraction of sp³-hybridized carbons (Fsp3) is 0.750. The van der Waals surface area contributed by atoms with Crippen LogP contribution in [0.3, 0.4) is 0 Å². The molecule has 0 amide bonds. The molecule has 0 aliphatic carbocycles. The lowest BCUT2D eigenvalue weighted by Gasteiger charge is -2.31. The molecule has 17 heavy (non-hydrogen) atoms. The molecule has 4 nitrogen and oxygen atoms in total. The van der Waals surface area contributed by atoms with Gasteiger partial charge in [0.05, 0.1) is 12.8 Å². The standard InChI is InChI=1S/C12H21N3OS/c1-3-5-13-11-4-6-16-9-12(11)17-10-7-14-15(2)8-10/h7-8,11-13H,3-6,9H2,1-2H3. The fourth-order valence-corrected chi connectivity index (χ4v) is 3.26. The Kier molecular flexibility index (Phi) is 4.88. The largest absolute Gasteiger partial charge is 0.380 e. The lowest BCUT2D eigenvalue weighted by Crippen LogP contribution is -2.45. The van der Waals surface area contributed by atoms with Crippen molar-refractivity contribution in [3.63, 3.8) is 0 Å². The molecule has 2 atom stereocenters. The highest BCUT2D eigenvalue weighted by Crippen LogP contribution is 2.28. The van der Waals surface area contributed by atoms with Crippen molar-refractivity contribution in [2.45, 2.75) is 36.0 Å². The van der Waals surface area contributed by atoms with Gasteiger partial charge in [-0.25, -0.2) is 0 Å². The van der Waals surface area contributed by atoms with Crippen LogP contribution in [0.4, 0.5) is 0 Å². The van der Waals surface area contributed by atoms with Crippen LogP contribution >= 0.6 is 11.8 Å². The van der Waals surface area contributed by atoms with Crippen LogP contribution in [-0.2, 0) is 11.8 Å². The van der Waals surface area contributed by atoms with Crippen LogP contribution in [0.5, 0.6) is 0 Å². The summed E-state index contributed by atoms with van der Waals surface area (Å²) in [5, 5.41) is 8.32. The Hall–Kier alpha value is -0.520. The van der Waals surface area contributed by atoms with Crippen molar-refractivity contribution in [2.24, 2.45) is 7.05 Å². The summed E-state index contributed by atoms with van der Waals surface area (Å²) in [5.41, 5.74) is 0. The summed E-state index contributed by atoms with van der Waals surface area (Å²) in [6.07, 6.45) is 6.28. The molecule has 0 radical (unpaired) electrons. The number of nitrogens with zero attached hydrogens (tertiary/aromatic N) is 2. The van der Waals surface area contributed by atoms with Gasteiger partial charge in [-0.15, -0.1) is 11.8 Å². The Morgan fingerprint density at radius 1 is 1.65 bits per heavy atom. The van der Waals surface area contributed by atoms with Crippen LogP contribution in [0.2, 0.25) is 0 Å². The molecule has 1 N–H and O–H groups in total. The molecule has 96 valence electrons. The zero-order valence-electron chi connectivity index (χ0n) is 10.6. The van der Waals surface area contributed by atoms with E-state index in [1.165, 1.54) is 11.3 Å². The van der Waals surface area contributed by atoms with Gasteiger partial charge in [-0.3, -0.25) is 4.68 Å². The van der Waals surface area contributed by atoms with Crippen LogP contribution in [0.1, 0.15) is 19.8 Å². The second kappa shape index (κ2) is 6.42. The van der Waals surface area contributed by atoms with Gasteiger partial charge < -0.3 is 10.1 Å². The Bertz CT molecular complexity index is 342. The zero-order valence-corrected chi connectivity index (χ0v) is 11.4. The number of aryl methyl sites for hydroxylation is 1. The van der Waals surface area contributed by atoms with E-state index >= 15 is 0 Å². The predicted molar refractivity (Wildman–Crippen MR) is 70.4 cm³/mol. The molecule has 2 rings (SSSR count). The molecule has 1 saturated heterocycles. The second-order valence-corrected chi connectivity index (χ2v) is 5.74. The number of hydrogen-bond donors (Lipinski definition) is 1. The van der Waals surface area contributed by atoms with Crippen molar-refractivity contribution in [2.75, 3.05) is 19.8 Å². The minimum Gasteiger partial charge on any atom is -0.380 e. The van der Waals surface area contributed by atoms with Gasteiger partial charge in [-0.05, 0) is 19.4 Å². The molecule has 2 heterocycles. The highest BCUT2D eigenvalue weighted by Gasteiger charge is 2.26. The van der Waals surface area contributed by atoms with Crippen LogP contribution in [0, 0.1) is 0 Å². The van der Waals surface area contributed by atoms with Crippen molar-refractivity contribution in [1.82, 2.24) is 15.1 Å². The molecule has 1 aliphatic rings. The van der Waals surface area contributed by atoms with Gasteiger partial charge in [0, 0.05) is 36.0 Å². The maximum atomic E-state index is 5.58. The topological polar surface area (TPSA) is 39.1 Å². The monoisotopic (exact) mass is 255 g/mol. The van der Waals surface area contributed by atoms with E-state index in [0.717, 1.165) is 26.2 Å². The third-order valence-corrected chi connectivity index (χ3v) is 4.18. The Morgan fingerprint density at radius 3 is 3.24 bits per heavy atom. The maximum Gasteiger partial charge on any atom is 0.0625 e. The van der Waals surface area contributed by atoms with E-state index < -0.39 is 0 Å². The molecule has 2 unspecified atom stereocenters. The average Bonchev–Trinajstić information content (AvgIpc) is 2.74. The molecule has 0 aromatic carbocycles. The molecule has 0 bridgehead atoms. The first-order valence-corrected chi connectivity index (χ1v) is 7.14. The smallest absolute Gasteiger partial charge is 0.0625 e. The van der Waals surface area contributed by atoms with Crippen molar-refractivity contribution in [3.05, 3.63) is 12.4 Å². The van der Waals surface area contributed by atoms with Gasteiger partial charge in [-0.2, -0.15) is 5.10 Å². The number of hydrogen-bond acceptors (Lipinski definition) is 4. The number of ether oxygens (including phenoxy) is 1. The van der Waals surface area contributed by atoms with Crippen LogP contribution in [0.15, 0.2) is 17.3 Å². The minimum absolute atomic E-state index is 0.500. The summed E-state index contributed by atoms with van der Waals surface area (Å²) in [5.74, 6) is 0. The summed E-state index contributed by atoms with van der Waals surface area (Å²) in [7, 11) is 1.95. The Morgan fingerprint density at radius 2 is 2.53 bits per heavy atom. The van der Waals surface area contributed by atoms with Gasteiger partial charge in [0.1, 0.15) is 0 Å². The lowest BCUT2D eigenvalue weighted by atomic mass is 10.1. The van der Waals surface area contributed by atoms with Gasteiger partial charge in [0.2, 0.25) is 0 Å². The number of nitrogens with one attached hydrogen (secondary N) is 1. The van der Waals surface area contributed by atoms with E-state index in [0.29, 0.717) is 11.3 Å². The first-order valence-electron chi connectivity index (χ1n) is 6.26. The molecule has 1 aromatic heterocycles. The van der Waals surface area contributed by atoms with Gasteiger partial charge in [0.15, 0.2) is 0 Å². The van der Waals surface area contributed by atoms with E-state index in [9.17, 15) is 0 Å². The van der Waals surface area contributed by atoms with E-state index in [1.807, 2.05) is 29.7 Å². The first kappa shape index (κ1) is 12.9. The van der Waals surface area contributed by atoms with E-state index in [-0.39, 0.29) is 0 Å². The van der Waals surface area contributed by atoms with Crippen LogP contribution in [0.25, 0.3) is 0 Å². The molecular formula is C12H21N3OS. The highest BCUT2D eigenvalue weighted by molar-refractivity contribution is 8.00. The number of aromatic nitrogens is 2. The summed E-state index contributed by atoms with van der Waals surface area (Å²) < 4.78 is 7.43. The molecular weight excluding hydrogens is 234 g/mol. The third kappa shape index (κ3) is 3.72. The van der Waals surface area contributed by atoms with Crippen LogP contribution in [-0.4, -0.2) is 40.8 Å². The molecule has 1 aliphatic heterocycles. The van der Waals surface area contributed by atoms with Gasteiger partial charge in [0.25, 0.3) is 0 Å². The first-order chi connectivity index (χ1) is 8.29. The average molecular weight is 255 g/mol. The molecule has 1 aromatic rings. The number of thioether (sulfide) groups is 1. The quantitative estimate of drug-likeness (QED) is 0.869. The van der Waals surface area contributed by atoms with Crippen molar-refractivity contribution in [1.29, 1.82) is 0 Å². The predicted octanol–water partition coefficient (Wildman–Crippen LogP) is 1.67. The van der Waals surface area contributed by atoms with Crippen LogP contribution < -0.4 is 5.32 Å². The summed E-state index contributed by atoms with van der Waals surface area (Å²) in [4.78, 5) is 1.23. The molecule has 5 heteroatoms. The SMILES string of the molecule is CCCNC1CCOCC1Sc1cnn(C)c1. The Labute approximate surface area is 107 Å². The summed E-state index contributed by atoms with van der Waals surface area (Å²) in [6, 6.07) is 0.564. The van der Waals surface area contributed by atoms with Crippen molar-refractivity contribution in [3.8, 4) is 0 Å². The zero-order chi connectivity index (χ0) is 12.1. The van der Waals surface area contributed by atoms with Gasteiger partial charge in [-0.1, -0.05) is 6.92 Å². The third-order valence-electron chi connectivity index (χ3n) is 2.93. The summed E-state index contributed by atoms with van der Waals surface area (Å²) in [6.45, 7) is 5.01. The second-order valence-electron chi connectivity index (χ2n) is 4.43. The molecule has 0 saturated carbocycles. The fourth-order valence-electron chi connectivity index (χ4n) is 2.03. The lowest BCUT2D eigenvalue weighted by molar-refractivity contribution is 0.0833. The molecule has 0 spiro atoms.